The van der Waals surface area contributed by atoms with E-state index in [1.807, 2.05) is 0 Å². The predicted octanol–water partition coefficient (Wildman–Crippen LogP) is -0.331. The molecule has 0 amide bonds. The Morgan fingerprint density at radius 2 is 1.68 bits per heavy atom. The highest BCUT2D eigenvalue weighted by Gasteiger charge is 2.66. The van der Waals surface area contributed by atoms with Gasteiger partial charge in [0.2, 0.25) is 0 Å². The van der Waals surface area contributed by atoms with Gasteiger partial charge in [0.15, 0.2) is 11.6 Å². The summed E-state index contributed by atoms with van der Waals surface area (Å²) in [6, 6.07) is 0. The van der Waals surface area contributed by atoms with Crippen LogP contribution in [-0.2, 0) is 33.2 Å². The molecule has 0 bridgehead atoms. The highest BCUT2D eigenvalue weighted by molar-refractivity contribution is 5.78. The fraction of sp³-hybridized carbons (Fsp3) is 0.938. The third-order valence-electron chi connectivity index (χ3n) is 4.48. The van der Waals surface area contributed by atoms with Gasteiger partial charge >= 0.3 is 5.97 Å². The Morgan fingerprint density at radius 3 is 2.24 bits per heavy atom. The Morgan fingerprint density at radius 1 is 1.04 bits per heavy atom. The number of hydrogen-bond acceptors (Lipinski definition) is 9. The maximum Gasteiger partial charge on any atom is 0.369 e. The number of aliphatic hydroxyl groups excluding tert-OH is 1. The van der Waals surface area contributed by atoms with Crippen molar-refractivity contribution in [3.05, 3.63) is 0 Å². The summed E-state index contributed by atoms with van der Waals surface area (Å²) in [5.74, 6) is -5.53. The molecule has 9 nitrogen and oxygen atoms in total. The molecular formula is C16H26O9. The minimum absolute atomic E-state index is 0.0227. The molecular weight excluding hydrogens is 336 g/mol. The molecule has 3 rings (SSSR count). The number of aliphatic hydroxyl groups is 2. The Kier molecular flexibility index (Phi) is 4.64. The van der Waals surface area contributed by atoms with Crippen molar-refractivity contribution < 1.29 is 43.4 Å². The van der Waals surface area contributed by atoms with Crippen LogP contribution in [0.1, 0.15) is 34.6 Å². The number of ether oxygens (including phenoxy) is 6. The maximum atomic E-state index is 12.2. The van der Waals surface area contributed by atoms with E-state index in [2.05, 4.69) is 0 Å². The zero-order chi connectivity index (χ0) is 18.6. The van der Waals surface area contributed by atoms with Crippen LogP contribution >= 0.6 is 0 Å². The molecule has 6 atom stereocenters. The minimum Gasteiger partial charge on any atom is -0.462 e. The molecule has 3 aliphatic heterocycles. The quantitative estimate of drug-likeness (QED) is 0.652. The SMILES string of the molecule is CCOC(=O)C1(O)O[C@H]([C@H]2COC(C)(C)O2)[C@@H]2OC(C)(C)O[C@@H]2[C@H]1O. The number of carbonyl (C=O) groups is 1. The minimum atomic E-state index is -2.58. The lowest BCUT2D eigenvalue weighted by Gasteiger charge is -2.44. The lowest BCUT2D eigenvalue weighted by Crippen LogP contribution is -2.69. The first-order valence-corrected chi connectivity index (χ1v) is 8.42. The predicted molar refractivity (Wildman–Crippen MR) is 81.2 cm³/mol. The molecule has 9 heteroatoms. The van der Waals surface area contributed by atoms with Crippen molar-refractivity contribution >= 4 is 5.97 Å². The number of carbonyl (C=O) groups excluding carboxylic acids is 1. The van der Waals surface area contributed by atoms with Gasteiger partial charge < -0.3 is 38.6 Å². The summed E-state index contributed by atoms with van der Waals surface area (Å²) in [4.78, 5) is 12.2. The third-order valence-corrected chi connectivity index (χ3v) is 4.48. The lowest BCUT2D eigenvalue weighted by molar-refractivity contribution is -0.334. The van der Waals surface area contributed by atoms with Gasteiger partial charge in [-0.25, -0.2) is 4.79 Å². The molecule has 3 aliphatic rings. The van der Waals surface area contributed by atoms with Crippen LogP contribution in [0.2, 0.25) is 0 Å². The molecule has 0 radical (unpaired) electrons. The summed E-state index contributed by atoms with van der Waals surface area (Å²) >= 11 is 0. The second kappa shape index (κ2) is 6.12. The molecule has 0 aliphatic carbocycles. The van der Waals surface area contributed by atoms with E-state index in [0.29, 0.717) is 0 Å². The van der Waals surface area contributed by atoms with Gasteiger partial charge in [0.05, 0.1) is 13.2 Å². The van der Waals surface area contributed by atoms with Crippen LogP contribution in [0.3, 0.4) is 0 Å². The van der Waals surface area contributed by atoms with Gasteiger partial charge in [-0.3, -0.25) is 0 Å². The first kappa shape index (κ1) is 19.0. The summed E-state index contributed by atoms with van der Waals surface area (Å²) in [6.45, 7) is 8.63. The van der Waals surface area contributed by atoms with Crippen LogP contribution in [0, 0.1) is 0 Å². The summed E-state index contributed by atoms with van der Waals surface area (Å²) < 4.78 is 33.4. The molecule has 0 saturated carbocycles. The molecule has 0 spiro atoms. The van der Waals surface area contributed by atoms with E-state index >= 15 is 0 Å². The average Bonchev–Trinajstić information content (AvgIpc) is 3.02. The van der Waals surface area contributed by atoms with Gasteiger partial charge in [0.25, 0.3) is 5.79 Å². The summed E-state index contributed by atoms with van der Waals surface area (Å²) in [5.41, 5.74) is 0. The highest BCUT2D eigenvalue weighted by atomic mass is 16.8. The van der Waals surface area contributed by atoms with Crippen LogP contribution in [0.4, 0.5) is 0 Å². The van der Waals surface area contributed by atoms with E-state index < -0.39 is 53.9 Å². The van der Waals surface area contributed by atoms with Crippen LogP contribution in [0.15, 0.2) is 0 Å². The number of rotatable bonds is 3. The molecule has 0 aromatic heterocycles. The number of esters is 1. The van der Waals surface area contributed by atoms with Gasteiger partial charge in [-0.15, -0.1) is 0 Å². The molecule has 3 heterocycles. The zero-order valence-electron chi connectivity index (χ0n) is 15.1. The van der Waals surface area contributed by atoms with E-state index in [0.717, 1.165) is 0 Å². The first-order valence-electron chi connectivity index (χ1n) is 8.42. The molecule has 0 aromatic carbocycles. The fourth-order valence-electron chi connectivity index (χ4n) is 3.45. The molecule has 2 N–H and O–H groups in total. The zero-order valence-corrected chi connectivity index (χ0v) is 15.1. The molecule has 25 heavy (non-hydrogen) atoms. The standard InChI is InChI=1S/C16H26O9/c1-6-20-13(18)16(19)12(17)11-10(23-15(4,5)24-11)9(25-16)8-7-21-14(2,3)22-8/h8-12,17,19H,6-7H2,1-5H3/t8-,9-,10+,11+,12-,16?/m1/s1. The van der Waals surface area contributed by atoms with E-state index in [4.69, 9.17) is 28.4 Å². The van der Waals surface area contributed by atoms with Crippen molar-refractivity contribution in [1.29, 1.82) is 0 Å². The normalized spacial score (nSPS) is 45.2. The summed E-state index contributed by atoms with van der Waals surface area (Å²) in [5, 5.41) is 21.3. The van der Waals surface area contributed by atoms with Crippen molar-refractivity contribution in [2.45, 2.75) is 82.5 Å². The van der Waals surface area contributed by atoms with Gasteiger partial charge in [-0.2, -0.15) is 0 Å². The number of fused-ring (bicyclic) bond motifs is 1. The van der Waals surface area contributed by atoms with Crippen molar-refractivity contribution in [2.24, 2.45) is 0 Å². The van der Waals surface area contributed by atoms with Crippen LogP contribution < -0.4 is 0 Å². The van der Waals surface area contributed by atoms with Crippen molar-refractivity contribution in [3.63, 3.8) is 0 Å². The lowest BCUT2D eigenvalue weighted by atomic mass is 9.90. The third kappa shape index (κ3) is 3.30. The van der Waals surface area contributed by atoms with Gasteiger partial charge in [0, 0.05) is 0 Å². The van der Waals surface area contributed by atoms with Crippen molar-refractivity contribution in [3.8, 4) is 0 Å². The second-order valence-electron chi connectivity index (χ2n) is 7.38. The second-order valence-corrected chi connectivity index (χ2v) is 7.38. The van der Waals surface area contributed by atoms with Gasteiger partial charge in [-0.1, -0.05) is 0 Å². The van der Waals surface area contributed by atoms with E-state index in [9.17, 15) is 15.0 Å². The maximum absolute atomic E-state index is 12.2. The van der Waals surface area contributed by atoms with Gasteiger partial charge in [-0.05, 0) is 34.6 Å². The molecule has 1 unspecified atom stereocenters. The largest absolute Gasteiger partial charge is 0.462 e. The molecule has 3 fully saturated rings. The van der Waals surface area contributed by atoms with Crippen LogP contribution in [0.25, 0.3) is 0 Å². The average molecular weight is 362 g/mol. The molecule has 3 saturated heterocycles. The Labute approximate surface area is 146 Å². The van der Waals surface area contributed by atoms with E-state index in [1.54, 1.807) is 34.6 Å². The monoisotopic (exact) mass is 362 g/mol. The highest BCUT2D eigenvalue weighted by Crippen LogP contribution is 2.43. The smallest absolute Gasteiger partial charge is 0.369 e. The summed E-state index contributed by atoms with van der Waals surface area (Å²) in [6.07, 6.45) is -4.93. The van der Waals surface area contributed by atoms with Crippen molar-refractivity contribution in [1.82, 2.24) is 0 Å². The Balaban J connectivity index is 1.92. The van der Waals surface area contributed by atoms with E-state index in [-0.39, 0.29) is 13.2 Å². The fourth-order valence-corrected chi connectivity index (χ4v) is 3.45. The molecule has 144 valence electrons. The van der Waals surface area contributed by atoms with E-state index in [1.165, 1.54) is 0 Å². The van der Waals surface area contributed by atoms with Crippen LogP contribution in [-0.4, -0.2) is 77.3 Å². The summed E-state index contributed by atoms with van der Waals surface area (Å²) in [7, 11) is 0. The topological polar surface area (TPSA) is 113 Å². The van der Waals surface area contributed by atoms with Crippen molar-refractivity contribution in [2.75, 3.05) is 13.2 Å². The Hall–Kier alpha value is -0.810. The number of hydrogen-bond donors (Lipinski definition) is 2. The van der Waals surface area contributed by atoms with Gasteiger partial charge in [0.1, 0.15) is 30.5 Å². The first-order chi connectivity index (χ1) is 11.5. The van der Waals surface area contributed by atoms with Crippen LogP contribution in [0.5, 0.6) is 0 Å². The molecule has 0 aromatic rings. The Bertz CT molecular complexity index is 534.